The zero-order chi connectivity index (χ0) is 16.5. The molecule has 118 valence electrons. The van der Waals surface area contributed by atoms with Gasteiger partial charge in [0.25, 0.3) is 0 Å². The second kappa shape index (κ2) is 5.95. The minimum atomic E-state index is 1.10. The highest BCUT2D eigenvalue weighted by atomic mass is 15.1. The number of rotatable bonds is 3. The molecule has 0 bridgehead atoms. The number of hydrogen-bond acceptors (Lipinski definition) is 1. The third-order valence-electron chi connectivity index (χ3n) is 4.34. The number of anilines is 2. The van der Waals surface area contributed by atoms with Gasteiger partial charge in [0.15, 0.2) is 12.4 Å². The van der Waals surface area contributed by atoms with Crippen LogP contribution < -0.4 is 14.6 Å². The summed E-state index contributed by atoms with van der Waals surface area (Å²) in [6.07, 6.45) is 4.25. The van der Waals surface area contributed by atoms with E-state index in [4.69, 9.17) is 0 Å². The number of aromatic nitrogens is 1. The molecule has 2 aromatic carbocycles. The molecule has 2 heterocycles. The molecule has 3 nitrogen and oxygen atoms in total. The molecule has 0 radical (unpaired) electrons. The van der Waals surface area contributed by atoms with Gasteiger partial charge in [0.2, 0.25) is 5.52 Å². The molecule has 4 aromatic rings. The van der Waals surface area contributed by atoms with Crippen molar-refractivity contribution < 1.29 is 9.30 Å². The van der Waals surface area contributed by atoms with Gasteiger partial charge in [-0.3, -0.25) is 0 Å². The highest BCUT2D eigenvalue weighted by Crippen LogP contribution is 2.23. The Bertz CT molecular complexity index is 1000. The van der Waals surface area contributed by atoms with Crippen LogP contribution in [0.15, 0.2) is 79.1 Å². The average Bonchev–Trinajstić information content (AvgIpc) is 2.60. The van der Waals surface area contributed by atoms with Gasteiger partial charge in [-0.25, -0.2) is 0 Å². The highest BCUT2D eigenvalue weighted by molar-refractivity contribution is 5.87. The number of quaternary nitrogens is 1. The summed E-state index contributed by atoms with van der Waals surface area (Å²) in [5.74, 6) is 0. The molecular weight excluding hydrogens is 294 g/mol. The maximum absolute atomic E-state index is 3.49. The van der Waals surface area contributed by atoms with E-state index in [2.05, 4.69) is 96.9 Å². The summed E-state index contributed by atoms with van der Waals surface area (Å²) >= 11 is 0. The maximum atomic E-state index is 3.49. The fraction of sp³-hybridized carbons (Fsp3) is 0.0952. The lowest BCUT2D eigenvalue weighted by molar-refractivity contribution is -0.786. The maximum Gasteiger partial charge on any atom is 0.211 e. The van der Waals surface area contributed by atoms with E-state index in [0.717, 1.165) is 11.4 Å². The first-order chi connectivity index (χ1) is 11.7. The number of fused-ring (bicyclic) bond motifs is 2. The van der Waals surface area contributed by atoms with Crippen LogP contribution in [0.3, 0.4) is 0 Å². The highest BCUT2D eigenvalue weighted by Gasteiger charge is 2.06. The van der Waals surface area contributed by atoms with Gasteiger partial charge in [-0.05, 0) is 41.8 Å². The third kappa shape index (κ3) is 2.82. The van der Waals surface area contributed by atoms with Crippen molar-refractivity contribution in [2.75, 3.05) is 19.4 Å². The minimum absolute atomic E-state index is 1.10. The molecule has 4 rings (SSSR count). The third-order valence-corrected chi connectivity index (χ3v) is 4.34. The van der Waals surface area contributed by atoms with Crippen LogP contribution >= 0.6 is 0 Å². The van der Waals surface area contributed by atoms with Crippen molar-refractivity contribution in [1.29, 1.82) is 0 Å². The van der Waals surface area contributed by atoms with E-state index < -0.39 is 0 Å². The van der Waals surface area contributed by atoms with Gasteiger partial charge >= 0.3 is 0 Å². The van der Waals surface area contributed by atoms with E-state index >= 15 is 0 Å². The zero-order valence-electron chi connectivity index (χ0n) is 14.0. The Kier molecular flexibility index (Phi) is 3.63. The first-order valence-electron chi connectivity index (χ1n) is 8.20. The number of pyridine rings is 2. The number of hydrogen-bond donors (Lipinski definition) is 2. The van der Waals surface area contributed by atoms with Crippen LogP contribution in [0.1, 0.15) is 0 Å². The Labute approximate surface area is 141 Å². The van der Waals surface area contributed by atoms with Crippen molar-refractivity contribution in [3.63, 3.8) is 0 Å². The standard InChI is InChI=1S/C21H19N3/c1-23(2)20-10-8-18(9-11-20)22-19-7-6-16-15-24-12-4-3-5-21(24)14-17(16)13-19/h3-15H,1-2H3/p+2. The summed E-state index contributed by atoms with van der Waals surface area (Å²) < 4.78 is 2.15. The molecule has 0 saturated carbocycles. The molecule has 0 aliphatic rings. The molecule has 3 heteroatoms. The second-order valence-corrected chi connectivity index (χ2v) is 6.35. The molecule has 2 aromatic heterocycles. The van der Waals surface area contributed by atoms with Gasteiger partial charge in [-0.15, -0.1) is 0 Å². The van der Waals surface area contributed by atoms with Gasteiger partial charge in [0.1, 0.15) is 5.69 Å². The Hall–Kier alpha value is -2.91. The number of nitrogens with one attached hydrogen (secondary N) is 2. The largest absolute Gasteiger partial charge is 0.356 e. The van der Waals surface area contributed by atoms with Crippen molar-refractivity contribution in [2.45, 2.75) is 0 Å². The first-order valence-corrected chi connectivity index (χ1v) is 8.20. The van der Waals surface area contributed by atoms with Gasteiger partial charge < -0.3 is 10.2 Å². The zero-order valence-corrected chi connectivity index (χ0v) is 14.0. The lowest BCUT2D eigenvalue weighted by Gasteiger charge is -2.10. The normalized spacial score (nSPS) is 11.3. The Morgan fingerprint density at radius 3 is 2.38 bits per heavy atom. The molecule has 24 heavy (non-hydrogen) atoms. The summed E-state index contributed by atoms with van der Waals surface area (Å²) in [5.41, 5.74) is 4.69. The van der Waals surface area contributed by atoms with E-state index in [0.29, 0.717) is 0 Å². The topological polar surface area (TPSA) is 20.6 Å². The average molecular weight is 315 g/mol. The van der Waals surface area contributed by atoms with E-state index in [1.54, 1.807) is 0 Å². The number of benzene rings is 2. The summed E-state index contributed by atoms with van der Waals surface area (Å²) in [4.78, 5) is 1.33. The Balaban J connectivity index is 1.67. The quantitative estimate of drug-likeness (QED) is 0.440. The number of nitrogens with zero attached hydrogens (tertiary/aromatic N) is 1. The lowest BCUT2D eigenvalue weighted by Crippen LogP contribution is -3.00. The van der Waals surface area contributed by atoms with Crippen molar-refractivity contribution in [3.8, 4) is 0 Å². The van der Waals surface area contributed by atoms with Gasteiger partial charge in [0.05, 0.1) is 14.1 Å². The van der Waals surface area contributed by atoms with Crippen molar-refractivity contribution in [1.82, 2.24) is 0 Å². The molecule has 0 saturated heterocycles. The van der Waals surface area contributed by atoms with Crippen molar-refractivity contribution in [3.05, 3.63) is 79.1 Å². The van der Waals surface area contributed by atoms with E-state index in [9.17, 15) is 0 Å². The predicted molar refractivity (Wildman–Crippen MR) is 99.3 cm³/mol. The smallest absolute Gasteiger partial charge is 0.211 e. The fourth-order valence-corrected chi connectivity index (χ4v) is 2.97. The monoisotopic (exact) mass is 315 g/mol. The molecule has 2 N–H and O–H groups in total. The first kappa shape index (κ1) is 14.7. The molecule has 0 unspecified atom stereocenters. The summed E-state index contributed by atoms with van der Waals surface area (Å²) in [6.45, 7) is 0. The van der Waals surface area contributed by atoms with Crippen molar-refractivity contribution >= 4 is 33.4 Å². The van der Waals surface area contributed by atoms with E-state index in [1.165, 1.54) is 26.9 Å². The SMILES string of the molecule is C[NH+](C)c1ccc(Nc2ccc3c[n+]4ccccc4cc3c2)cc1. The molecule has 0 aliphatic heterocycles. The van der Waals surface area contributed by atoms with Crippen molar-refractivity contribution in [2.24, 2.45) is 0 Å². The molecule has 0 aliphatic carbocycles. The molecular formula is C21H21N3+2. The fourth-order valence-electron chi connectivity index (χ4n) is 2.97. The Morgan fingerprint density at radius 1 is 0.792 bits per heavy atom. The van der Waals surface area contributed by atoms with Crippen LogP contribution in [0.4, 0.5) is 17.1 Å². The molecule has 0 spiro atoms. The molecule has 0 fully saturated rings. The summed E-state index contributed by atoms with van der Waals surface area (Å²) in [5, 5.41) is 5.96. The second-order valence-electron chi connectivity index (χ2n) is 6.35. The van der Waals surface area contributed by atoms with Gasteiger partial charge in [-0.1, -0.05) is 0 Å². The van der Waals surface area contributed by atoms with Crippen LogP contribution in [0.5, 0.6) is 0 Å². The van der Waals surface area contributed by atoms with Crippen LogP contribution in [-0.2, 0) is 0 Å². The van der Waals surface area contributed by atoms with Crippen LogP contribution in [0.2, 0.25) is 0 Å². The molecule has 0 atom stereocenters. The Morgan fingerprint density at radius 2 is 1.58 bits per heavy atom. The minimum Gasteiger partial charge on any atom is -0.356 e. The summed E-state index contributed by atoms with van der Waals surface area (Å²) in [6, 6.07) is 23.5. The van der Waals surface area contributed by atoms with Crippen LogP contribution in [-0.4, -0.2) is 14.1 Å². The van der Waals surface area contributed by atoms with Gasteiger partial charge in [0, 0.05) is 47.1 Å². The van der Waals surface area contributed by atoms with Crippen LogP contribution in [0.25, 0.3) is 16.3 Å². The lowest BCUT2D eigenvalue weighted by atomic mass is 10.1. The van der Waals surface area contributed by atoms with E-state index in [-0.39, 0.29) is 0 Å². The van der Waals surface area contributed by atoms with E-state index in [1.807, 2.05) is 6.07 Å². The van der Waals surface area contributed by atoms with Crippen LogP contribution in [0, 0.1) is 0 Å². The molecule has 0 amide bonds. The predicted octanol–water partition coefficient (Wildman–Crippen LogP) is 3.10. The summed E-state index contributed by atoms with van der Waals surface area (Å²) in [7, 11) is 4.27. The van der Waals surface area contributed by atoms with Gasteiger partial charge in [-0.2, -0.15) is 4.40 Å².